The molecular weight excluding hydrogens is 183 g/mol. The number of benzene rings is 1. The lowest BCUT2D eigenvalue weighted by molar-refractivity contribution is 0.389. The van der Waals surface area contributed by atoms with Gasteiger partial charge in [0.2, 0.25) is 0 Å². The predicted molar refractivity (Wildman–Crippen MR) is 49.0 cm³/mol. The van der Waals surface area contributed by atoms with Gasteiger partial charge in [-0.15, -0.1) is 0 Å². The minimum atomic E-state index is -0.228. The number of aromatic nitrogens is 1. The van der Waals surface area contributed by atoms with E-state index >= 15 is 0 Å². The number of fused-ring (bicyclic) bond motifs is 2. The molecule has 0 radical (unpaired) electrons. The molecule has 2 aromatic rings. The van der Waals surface area contributed by atoms with Gasteiger partial charge in [0.25, 0.3) is 0 Å². The van der Waals surface area contributed by atoms with Gasteiger partial charge in [0.1, 0.15) is 11.5 Å². The van der Waals surface area contributed by atoms with Crippen LogP contribution in [0, 0.1) is 5.82 Å². The van der Waals surface area contributed by atoms with Gasteiger partial charge in [0, 0.05) is 12.1 Å². The quantitative estimate of drug-likeness (QED) is 0.591. The molecule has 3 nitrogen and oxygen atoms in total. The fraction of sp³-hybridized carbons (Fsp3) is 0.100. The first-order valence-corrected chi connectivity index (χ1v) is 4.32. The van der Waals surface area contributed by atoms with Gasteiger partial charge in [0.05, 0.1) is 6.20 Å². The molecule has 1 aromatic carbocycles. The van der Waals surface area contributed by atoms with Crippen LogP contribution in [0.4, 0.5) is 15.8 Å². The maximum atomic E-state index is 12.9. The first kappa shape index (κ1) is 7.55. The number of rotatable bonds is 0. The zero-order valence-corrected chi connectivity index (χ0v) is 7.25. The Hall–Kier alpha value is -1.84. The summed E-state index contributed by atoms with van der Waals surface area (Å²) in [6.07, 6.45) is 2.22. The van der Waals surface area contributed by atoms with Crippen LogP contribution in [0.1, 0.15) is 11.3 Å². The van der Waals surface area contributed by atoms with E-state index in [9.17, 15) is 4.39 Å². The van der Waals surface area contributed by atoms with Gasteiger partial charge in [-0.25, -0.2) is 4.39 Å². The van der Waals surface area contributed by atoms with E-state index < -0.39 is 0 Å². The standard InChI is InChI=1S/C10H7FN2O/c11-7-1-2-8-6(3-7)4-10-9(13-8)5-12-14-10/h1-3,5,13H,4H2. The van der Waals surface area contributed by atoms with Crippen LogP contribution in [0.25, 0.3) is 0 Å². The average Bonchev–Trinajstić information content (AvgIpc) is 2.61. The summed E-state index contributed by atoms with van der Waals surface area (Å²) >= 11 is 0. The normalized spacial score (nSPS) is 12.9. The van der Waals surface area contributed by atoms with Gasteiger partial charge < -0.3 is 9.84 Å². The molecule has 70 valence electrons. The third-order valence-electron chi connectivity index (χ3n) is 2.33. The topological polar surface area (TPSA) is 38.1 Å². The summed E-state index contributed by atoms with van der Waals surface area (Å²) in [4.78, 5) is 0. The zero-order valence-electron chi connectivity index (χ0n) is 7.25. The van der Waals surface area contributed by atoms with Crippen molar-refractivity contribution in [1.29, 1.82) is 0 Å². The van der Waals surface area contributed by atoms with E-state index in [-0.39, 0.29) is 5.82 Å². The number of anilines is 2. The summed E-state index contributed by atoms with van der Waals surface area (Å²) in [6.45, 7) is 0. The Morgan fingerprint density at radius 2 is 2.29 bits per heavy atom. The summed E-state index contributed by atoms with van der Waals surface area (Å²) in [6, 6.07) is 4.67. The predicted octanol–water partition coefficient (Wildman–Crippen LogP) is 2.46. The van der Waals surface area contributed by atoms with Crippen molar-refractivity contribution in [1.82, 2.24) is 5.16 Å². The highest BCUT2D eigenvalue weighted by atomic mass is 19.1. The fourth-order valence-corrected chi connectivity index (χ4v) is 1.64. The molecule has 0 atom stereocenters. The summed E-state index contributed by atoms with van der Waals surface area (Å²) in [5.41, 5.74) is 2.68. The molecule has 4 heteroatoms. The Bertz CT molecular complexity index is 493. The molecule has 0 bridgehead atoms. The van der Waals surface area contributed by atoms with Gasteiger partial charge in [-0.1, -0.05) is 5.16 Å². The molecule has 1 N–H and O–H groups in total. The lowest BCUT2D eigenvalue weighted by Gasteiger charge is -2.15. The van der Waals surface area contributed by atoms with E-state index in [0.717, 1.165) is 22.7 Å². The monoisotopic (exact) mass is 190 g/mol. The first-order valence-electron chi connectivity index (χ1n) is 4.32. The van der Waals surface area contributed by atoms with E-state index in [4.69, 9.17) is 4.52 Å². The van der Waals surface area contributed by atoms with E-state index in [1.54, 1.807) is 12.3 Å². The Balaban J connectivity index is 2.12. The summed E-state index contributed by atoms with van der Waals surface area (Å²) < 4.78 is 17.9. The van der Waals surface area contributed by atoms with E-state index in [0.29, 0.717) is 6.42 Å². The molecule has 3 rings (SSSR count). The Kier molecular flexibility index (Phi) is 1.39. The highest BCUT2D eigenvalue weighted by Gasteiger charge is 2.18. The van der Waals surface area contributed by atoms with Crippen molar-refractivity contribution in [3.8, 4) is 0 Å². The summed E-state index contributed by atoms with van der Waals surface area (Å²) in [5.74, 6) is 0.525. The Morgan fingerprint density at radius 3 is 3.21 bits per heavy atom. The maximum absolute atomic E-state index is 12.9. The molecular formula is C10H7FN2O. The third-order valence-corrected chi connectivity index (χ3v) is 2.33. The van der Waals surface area contributed by atoms with Crippen molar-refractivity contribution in [3.05, 3.63) is 41.5 Å². The number of nitrogens with one attached hydrogen (secondary N) is 1. The van der Waals surface area contributed by atoms with Gasteiger partial charge in [-0.2, -0.15) is 0 Å². The van der Waals surface area contributed by atoms with Gasteiger partial charge >= 0.3 is 0 Å². The van der Waals surface area contributed by atoms with Crippen LogP contribution in [0.2, 0.25) is 0 Å². The van der Waals surface area contributed by atoms with Crippen LogP contribution < -0.4 is 5.32 Å². The van der Waals surface area contributed by atoms with Crippen molar-refractivity contribution < 1.29 is 8.91 Å². The van der Waals surface area contributed by atoms with Gasteiger partial charge in [0.15, 0.2) is 5.76 Å². The maximum Gasteiger partial charge on any atom is 0.164 e. The van der Waals surface area contributed by atoms with E-state index in [1.807, 2.05) is 0 Å². The lowest BCUT2D eigenvalue weighted by atomic mass is 10.0. The molecule has 1 aliphatic rings. The van der Waals surface area contributed by atoms with Crippen molar-refractivity contribution >= 4 is 11.4 Å². The van der Waals surface area contributed by atoms with Crippen molar-refractivity contribution in [2.24, 2.45) is 0 Å². The van der Waals surface area contributed by atoms with Crippen molar-refractivity contribution in [2.75, 3.05) is 5.32 Å². The fourth-order valence-electron chi connectivity index (χ4n) is 1.64. The molecule has 0 unspecified atom stereocenters. The van der Waals surface area contributed by atoms with Crippen LogP contribution in [-0.4, -0.2) is 5.16 Å². The van der Waals surface area contributed by atoms with Crippen LogP contribution in [-0.2, 0) is 6.42 Å². The molecule has 0 amide bonds. The van der Waals surface area contributed by atoms with Crippen LogP contribution >= 0.6 is 0 Å². The van der Waals surface area contributed by atoms with Crippen molar-refractivity contribution in [3.63, 3.8) is 0 Å². The SMILES string of the molecule is Fc1ccc2c(c1)Cc1oncc1N2. The van der Waals surface area contributed by atoms with Crippen molar-refractivity contribution in [2.45, 2.75) is 6.42 Å². The summed E-state index contributed by atoms with van der Waals surface area (Å²) in [7, 11) is 0. The lowest BCUT2D eigenvalue weighted by Crippen LogP contribution is -2.04. The first-order chi connectivity index (χ1) is 6.83. The highest BCUT2D eigenvalue weighted by Crippen LogP contribution is 2.32. The zero-order chi connectivity index (χ0) is 9.54. The summed E-state index contributed by atoms with van der Waals surface area (Å²) in [5, 5.41) is 6.80. The molecule has 2 heterocycles. The highest BCUT2D eigenvalue weighted by molar-refractivity contribution is 5.68. The Labute approximate surface area is 79.5 Å². The molecule has 0 saturated carbocycles. The molecule has 0 aliphatic carbocycles. The van der Waals surface area contributed by atoms with Gasteiger partial charge in [-0.3, -0.25) is 0 Å². The number of halogens is 1. The van der Waals surface area contributed by atoms with Gasteiger partial charge in [-0.05, 0) is 23.8 Å². The number of nitrogens with zero attached hydrogens (tertiary/aromatic N) is 1. The smallest absolute Gasteiger partial charge is 0.164 e. The molecule has 0 saturated heterocycles. The second-order valence-corrected chi connectivity index (χ2v) is 3.27. The molecule has 0 spiro atoms. The second-order valence-electron chi connectivity index (χ2n) is 3.27. The molecule has 1 aliphatic heterocycles. The minimum Gasteiger partial charge on any atom is -0.359 e. The number of hydrogen-bond acceptors (Lipinski definition) is 3. The van der Waals surface area contributed by atoms with E-state index in [1.165, 1.54) is 12.1 Å². The van der Waals surface area contributed by atoms with E-state index in [2.05, 4.69) is 10.5 Å². The largest absolute Gasteiger partial charge is 0.359 e. The molecule has 14 heavy (non-hydrogen) atoms. The molecule has 0 fully saturated rings. The molecule has 1 aromatic heterocycles. The van der Waals surface area contributed by atoms with Crippen LogP contribution in [0.3, 0.4) is 0 Å². The average molecular weight is 190 g/mol. The second kappa shape index (κ2) is 2.57. The number of hydrogen-bond donors (Lipinski definition) is 1. The van der Waals surface area contributed by atoms with Crippen LogP contribution in [0.15, 0.2) is 28.9 Å². The van der Waals surface area contributed by atoms with Crippen LogP contribution in [0.5, 0.6) is 0 Å². The Morgan fingerprint density at radius 1 is 1.36 bits per heavy atom. The third kappa shape index (κ3) is 1.00. The minimum absolute atomic E-state index is 0.228.